The van der Waals surface area contributed by atoms with E-state index in [1.165, 1.54) is 6.92 Å². The van der Waals surface area contributed by atoms with Gasteiger partial charge in [0.25, 0.3) is 0 Å². The van der Waals surface area contributed by atoms with E-state index in [1.54, 1.807) is 0 Å². The van der Waals surface area contributed by atoms with Gasteiger partial charge in [0.1, 0.15) is 0 Å². The molecule has 0 fully saturated rings. The third kappa shape index (κ3) is 4.06. The lowest BCUT2D eigenvalue weighted by atomic mass is 10.9. The summed E-state index contributed by atoms with van der Waals surface area (Å²) in [7, 11) is -0.580. The maximum Gasteiger partial charge on any atom is 0.355 e. The number of hydrogen-bond donors (Lipinski definition) is 1. The molecule has 2 atom stereocenters. The molecule has 1 N–H and O–H groups in total. The Morgan fingerprint density at radius 3 is 2.20 bits per heavy atom. The Bertz CT molecular complexity index is 34.6. The summed E-state index contributed by atoms with van der Waals surface area (Å²) >= 11 is 0. The highest BCUT2D eigenvalue weighted by Gasteiger charge is 1.95. The number of aliphatic hydroxyl groups excluding tert-OH is 1. The van der Waals surface area contributed by atoms with Crippen molar-refractivity contribution >= 4 is 8.46 Å². The molecule has 2 nitrogen and oxygen atoms in total. The molecule has 0 amide bonds. The fourth-order valence-electron chi connectivity index (χ4n) is 0. The lowest BCUT2D eigenvalue weighted by Crippen LogP contribution is -1.80. The van der Waals surface area contributed by atoms with Crippen molar-refractivity contribution in [3.05, 3.63) is 0 Å². The average Bonchev–Trinajstić information content (AvgIpc) is 1.38. The Morgan fingerprint density at radius 2 is 2.20 bits per heavy atom. The second-order valence-electron chi connectivity index (χ2n) is 0.794. The molecule has 0 saturated heterocycles. The molecule has 0 aromatic heterocycles. The van der Waals surface area contributed by atoms with Crippen LogP contribution in [-0.4, -0.2) is 11.0 Å². The molecule has 0 aliphatic heterocycles. The van der Waals surface area contributed by atoms with Gasteiger partial charge in [-0.25, -0.2) is 0 Å². The zero-order valence-corrected chi connectivity index (χ0v) is 3.93. The van der Waals surface area contributed by atoms with Crippen LogP contribution in [0.1, 0.15) is 6.92 Å². The molecule has 0 spiro atoms. The van der Waals surface area contributed by atoms with E-state index in [9.17, 15) is 4.57 Å². The Balaban J connectivity index is 2.83. The standard InChI is InChI=1S/C2H5O2P/c1-2(3)5-4/h2-3H,1H3/p+1. The van der Waals surface area contributed by atoms with Gasteiger partial charge >= 0.3 is 8.46 Å². The van der Waals surface area contributed by atoms with Gasteiger partial charge in [-0.3, -0.25) is 0 Å². The molecule has 0 aliphatic carbocycles. The molecule has 0 heterocycles. The molecule has 0 bridgehead atoms. The van der Waals surface area contributed by atoms with E-state index in [0.717, 1.165) is 0 Å². The zero-order chi connectivity index (χ0) is 4.28. The summed E-state index contributed by atoms with van der Waals surface area (Å²) in [5.74, 6) is -0.644. The summed E-state index contributed by atoms with van der Waals surface area (Å²) in [6.45, 7) is 1.48. The van der Waals surface area contributed by atoms with Crippen LogP contribution in [0.25, 0.3) is 0 Å². The summed E-state index contributed by atoms with van der Waals surface area (Å²) in [5, 5.41) is 8.06. The van der Waals surface area contributed by atoms with Gasteiger partial charge in [-0.1, -0.05) is 4.57 Å². The van der Waals surface area contributed by atoms with Gasteiger partial charge in [0.15, 0.2) is 0 Å². The quantitative estimate of drug-likeness (QED) is 0.475. The topological polar surface area (TPSA) is 37.3 Å². The third-order valence-electron chi connectivity index (χ3n) is 0.171. The van der Waals surface area contributed by atoms with Crippen LogP contribution in [0.4, 0.5) is 0 Å². The van der Waals surface area contributed by atoms with E-state index in [1.807, 2.05) is 0 Å². The minimum Gasteiger partial charge on any atom is -0.351 e. The summed E-state index contributed by atoms with van der Waals surface area (Å²) in [4.78, 5) is 0. The van der Waals surface area contributed by atoms with Crippen LogP contribution in [-0.2, 0) is 4.57 Å². The predicted molar refractivity (Wildman–Crippen MR) is 20.7 cm³/mol. The fourth-order valence-corrected chi connectivity index (χ4v) is 0. The summed E-state index contributed by atoms with van der Waals surface area (Å²) in [5.41, 5.74) is 0. The van der Waals surface area contributed by atoms with Crippen molar-refractivity contribution in [2.45, 2.75) is 12.8 Å². The lowest BCUT2D eigenvalue weighted by molar-refractivity contribution is 0.276. The normalized spacial score (nSPS) is 15.6. The van der Waals surface area contributed by atoms with Crippen LogP contribution in [0.2, 0.25) is 0 Å². The Kier molecular flexibility index (Phi) is 2.33. The molecule has 3 heteroatoms. The second-order valence-corrected chi connectivity index (χ2v) is 1.87. The van der Waals surface area contributed by atoms with E-state index in [2.05, 4.69) is 0 Å². The maximum absolute atomic E-state index is 9.41. The van der Waals surface area contributed by atoms with E-state index in [-0.39, 0.29) is 0 Å². The van der Waals surface area contributed by atoms with Crippen molar-refractivity contribution < 1.29 is 9.67 Å². The van der Waals surface area contributed by atoms with Crippen molar-refractivity contribution in [1.82, 2.24) is 0 Å². The Labute approximate surface area is 32.0 Å². The predicted octanol–water partition coefficient (Wildman–Crippen LogP) is 0.349. The van der Waals surface area contributed by atoms with Crippen molar-refractivity contribution in [1.29, 1.82) is 0 Å². The Morgan fingerprint density at radius 1 is 2.00 bits per heavy atom. The molecular weight excluding hydrogens is 87.0 g/mol. The molecular formula is C2H6O2P+. The molecule has 5 heavy (non-hydrogen) atoms. The lowest BCUT2D eigenvalue weighted by Gasteiger charge is -1.68. The second kappa shape index (κ2) is 2.31. The highest BCUT2D eigenvalue weighted by molar-refractivity contribution is 7.24. The highest BCUT2D eigenvalue weighted by atomic mass is 31.1. The molecule has 0 aliphatic rings. The summed E-state index contributed by atoms with van der Waals surface area (Å²) < 4.78 is 9.41. The molecule has 2 unspecified atom stereocenters. The van der Waals surface area contributed by atoms with Crippen molar-refractivity contribution in [2.24, 2.45) is 0 Å². The maximum atomic E-state index is 9.41. The average molecular weight is 93.0 g/mol. The first-order valence-electron chi connectivity index (χ1n) is 1.33. The molecule has 0 radical (unpaired) electrons. The molecule has 0 saturated carbocycles. The number of hydrogen-bond acceptors (Lipinski definition) is 2. The summed E-state index contributed by atoms with van der Waals surface area (Å²) in [6, 6.07) is 0. The van der Waals surface area contributed by atoms with Crippen LogP contribution in [0.3, 0.4) is 0 Å². The molecule has 30 valence electrons. The van der Waals surface area contributed by atoms with Gasteiger partial charge < -0.3 is 5.11 Å². The third-order valence-corrected chi connectivity index (χ3v) is 0.512. The number of rotatable bonds is 1. The van der Waals surface area contributed by atoms with Gasteiger partial charge in [0.2, 0.25) is 5.85 Å². The zero-order valence-electron chi connectivity index (χ0n) is 2.93. The smallest absolute Gasteiger partial charge is 0.351 e. The first-order chi connectivity index (χ1) is 2.27. The van der Waals surface area contributed by atoms with E-state index >= 15 is 0 Å². The van der Waals surface area contributed by atoms with Crippen molar-refractivity contribution in [3.63, 3.8) is 0 Å². The minimum absolute atomic E-state index is 0.580. The van der Waals surface area contributed by atoms with Crippen molar-refractivity contribution in [2.75, 3.05) is 0 Å². The van der Waals surface area contributed by atoms with Gasteiger partial charge in [-0.05, 0) is 0 Å². The first kappa shape index (κ1) is 5.06. The van der Waals surface area contributed by atoms with Gasteiger partial charge in [-0.15, -0.1) is 0 Å². The van der Waals surface area contributed by atoms with Gasteiger partial charge in [0.05, 0.1) is 0 Å². The van der Waals surface area contributed by atoms with Crippen molar-refractivity contribution in [3.8, 4) is 0 Å². The fraction of sp³-hybridized carbons (Fsp3) is 1.00. The highest BCUT2D eigenvalue weighted by Crippen LogP contribution is 1.96. The van der Waals surface area contributed by atoms with Crippen LogP contribution >= 0.6 is 8.46 Å². The van der Waals surface area contributed by atoms with Crippen LogP contribution in [0.15, 0.2) is 0 Å². The Hall–Kier alpha value is 0.0600. The summed E-state index contributed by atoms with van der Waals surface area (Å²) in [6.07, 6.45) is 0. The monoisotopic (exact) mass is 93.0 g/mol. The van der Waals surface area contributed by atoms with Crippen LogP contribution in [0, 0.1) is 0 Å². The molecule has 0 rings (SSSR count). The molecule has 0 aromatic carbocycles. The first-order valence-corrected chi connectivity index (χ1v) is 2.31. The van der Waals surface area contributed by atoms with E-state index < -0.39 is 14.3 Å². The minimum atomic E-state index is -0.644. The van der Waals surface area contributed by atoms with Crippen LogP contribution < -0.4 is 0 Å². The largest absolute Gasteiger partial charge is 0.355 e. The molecule has 0 aromatic rings. The van der Waals surface area contributed by atoms with Crippen LogP contribution in [0.5, 0.6) is 0 Å². The SMILES string of the molecule is CC(O)[PH+]=O. The van der Waals surface area contributed by atoms with E-state index in [4.69, 9.17) is 5.11 Å². The van der Waals surface area contributed by atoms with E-state index in [0.29, 0.717) is 0 Å². The van der Waals surface area contributed by atoms with Gasteiger partial charge in [0, 0.05) is 6.92 Å². The number of aliphatic hydroxyl groups is 1. The van der Waals surface area contributed by atoms with Gasteiger partial charge in [-0.2, -0.15) is 0 Å².